The molecule has 2 unspecified atom stereocenters. The van der Waals surface area contributed by atoms with E-state index in [0.717, 1.165) is 5.56 Å². The van der Waals surface area contributed by atoms with Crippen molar-refractivity contribution in [2.45, 2.75) is 40.2 Å². The zero-order valence-corrected chi connectivity index (χ0v) is 25.4. The van der Waals surface area contributed by atoms with Crippen molar-refractivity contribution in [3.63, 3.8) is 0 Å². The number of methoxy groups -OCH3 is 3. The van der Waals surface area contributed by atoms with Crippen LogP contribution >= 0.6 is 0 Å². The molecule has 0 radical (unpaired) electrons. The number of nitrogens with zero attached hydrogens (tertiary/aromatic N) is 3. The number of nitro benzene ring substituents is 1. The maximum Gasteiger partial charge on any atom is 0.336 e. The zero-order chi connectivity index (χ0) is 31.2. The Bertz CT molecular complexity index is 1400. The minimum absolute atomic E-state index is 0.0894. The van der Waals surface area contributed by atoms with Crippen molar-refractivity contribution in [2.75, 3.05) is 41.5 Å². The smallest absolute Gasteiger partial charge is 0.336 e. The lowest BCUT2D eigenvalue weighted by molar-refractivity contribution is -0.384. The summed E-state index contributed by atoms with van der Waals surface area (Å²) in [6, 6.07) is 11.7. The fraction of sp³-hybridized carbons (Fsp3) is 0.452. The molecule has 226 valence electrons. The molecule has 11 heteroatoms. The van der Waals surface area contributed by atoms with Crippen molar-refractivity contribution in [1.29, 1.82) is 0 Å². The lowest BCUT2D eigenvalue weighted by atomic mass is 9.75. The highest BCUT2D eigenvalue weighted by Gasteiger charge is 2.43. The molecular formula is C31H39N3O8. The van der Waals surface area contributed by atoms with Crippen LogP contribution in [0.25, 0.3) is 0 Å². The largest absolute Gasteiger partial charge is 0.493 e. The summed E-state index contributed by atoms with van der Waals surface area (Å²) >= 11 is 0. The molecule has 0 amide bonds. The van der Waals surface area contributed by atoms with Crippen molar-refractivity contribution in [1.82, 2.24) is 4.90 Å². The second-order valence-electron chi connectivity index (χ2n) is 11.2. The Morgan fingerprint density at radius 3 is 2.36 bits per heavy atom. The molecule has 0 N–H and O–H groups in total. The number of non-ortho nitro benzene ring substituents is 1. The van der Waals surface area contributed by atoms with Gasteiger partial charge >= 0.3 is 11.9 Å². The van der Waals surface area contributed by atoms with E-state index in [1.165, 1.54) is 25.3 Å². The van der Waals surface area contributed by atoms with Gasteiger partial charge < -0.3 is 23.8 Å². The van der Waals surface area contributed by atoms with E-state index in [2.05, 4.69) is 9.89 Å². The van der Waals surface area contributed by atoms with E-state index in [0.29, 0.717) is 41.6 Å². The van der Waals surface area contributed by atoms with Gasteiger partial charge in [0.15, 0.2) is 11.5 Å². The maximum atomic E-state index is 13.7. The molecule has 1 aliphatic heterocycles. The van der Waals surface area contributed by atoms with E-state index in [4.69, 9.17) is 18.9 Å². The number of carbonyl (C=O) groups excluding carboxylic acids is 2. The van der Waals surface area contributed by atoms with Crippen LogP contribution in [0.15, 0.2) is 58.7 Å². The molecule has 0 fully saturated rings. The van der Waals surface area contributed by atoms with Crippen molar-refractivity contribution < 1.29 is 33.5 Å². The average Bonchev–Trinajstić information content (AvgIpc) is 2.94. The third kappa shape index (κ3) is 7.52. The van der Waals surface area contributed by atoms with Crippen LogP contribution in [-0.4, -0.2) is 69.0 Å². The third-order valence-electron chi connectivity index (χ3n) is 7.14. The number of aliphatic imine (C=N–C) groups is 1. The number of carbonyl (C=O) groups is 2. The van der Waals surface area contributed by atoms with Gasteiger partial charge in [-0.25, -0.2) is 4.79 Å². The number of esters is 2. The molecule has 1 aliphatic rings. The Kier molecular flexibility index (Phi) is 10.5. The van der Waals surface area contributed by atoms with Gasteiger partial charge in [-0.05, 0) is 44.2 Å². The summed E-state index contributed by atoms with van der Waals surface area (Å²) in [5.74, 6) is -1.73. The fourth-order valence-corrected chi connectivity index (χ4v) is 5.39. The van der Waals surface area contributed by atoms with Gasteiger partial charge in [-0.1, -0.05) is 32.0 Å². The predicted molar refractivity (Wildman–Crippen MR) is 158 cm³/mol. The van der Waals surface area contributed by atoms with E-state index in [-0.39, 0.29) is 17.9 Å². The van der Waals surface area contributed by atoms with Crippen molar-refractivity contribution in [3.05, 3.63) is 75.0 Å². The van der Waals surface area contributed by atoms with Crippen LogP contribution in [0.4, 0.5) is 5.69 Å². The van der Waals surface area contributed by atoms with Gasteiger partial charge in [-0.15, -0.1) is 0 Å². The van der Waals surface area contributed by atoms with Gasteiger partial charge in [-0.2, -0.15) is 0 Å². The first-order valence-electron chi connectivity index (χ1n) is 13.5. The molecule has 11 nitrogen and oxygen atoms in total. The summed E-state index contributed by atoms with van der Waals surface area (Å²) in [4.78, 5) is 44.1. The van der Waals surface area contributed by atoms with Crippen molar-refractivity contribution >= 4 is 23.3 Å². The fourth-order valence-electron chi connectivity index (χ4n) is 5.39. The lowest BCUT2D eigenvalue weighted by Gasteiger charge is -2.33. The Morgan fingerprint density at radius 1 is 1.05 bits per heavy atom. The quantitative estimate of drug-likeness (QED) is 0.194. The van der Waals surface area contributed by atoms with Gasteiger partial charge in [0.25, 0.3) is 5.69 Å². The van der Waals surface area contributed by atoms with E-state index in [9.17, 15) is 19.7 Å². The van der Waals surface area contributed by atoms with Crippen LogP contribution in [0, 0.1) is 21.4 Å². The molecule has 2 aromatic carbocycles. The topological polar surface area (TPSA) is 130 Å². The molecule has 0 aliphatic carbocycles. The maximum absolute atomic E-state index is 13.7. The predicted octanol–water partition coefficient (Wildman–Crippen LogP) is 4.93. The minimum Gasteiger partial charge on any atom is -0.493 e. The molecule has 0 aromatic heterocycles. The lowest BCUT2D eigenvalue weighted by Crippen LogP contribution is -2.38. The molecule has 0 spiro atoms. The normalized spacial score (nSPS) is 17.0. The number of nitro groups is 1. The summed E-state index contributed by atoms with van der Waals surface area (Å²) in [7, 11) is 6.42. The molecular weight excluding hydrogens is 542 g/mol. The van der Waals surface area contributed by atoms with E-state index >= 15 is 0 Å². The van der Waals surface area contributed by atoms with Gasteiger partial charge in [0, 0.05) is 48.0 Å². The first-order valence-corrected chi connectivity index (χ1v) is 13.5. The van der Waals surface area contributed by atoms with Crippen LogP contribution < -0.4 is 9.47 Å². The Labute approximate surface area is 246 Å². The van der Waals surface area contributed by atoms with Gasteiger partial charge in [0.05, 0.1) is 38.4 Å². The summed E-state index contributed by atoms with van der Waals surface area (Å²) in [5.41, 5.74) is 1.88. The SMILES string of the molecule is COC(=O)C1C(C)=NC(C)=C(C(=O)OCC(C)(C)CN(C)Cc2ccc(OC)c(OC)c2)C1c1cccc([N+](=O)[O-])c1. The Hall–Kier alpha value is -4.25. The van der Waals surface area contributed by atoms with Crippen LogP contribution in [0.5, 0.6) is 11.5 Å². The Morgan fingerprint density at radius 2 is 1.74 bits per heavy atom. The second kappa shape index (κ2) is 13.6. The molecule has 0 bridgehead atoms. The molecule has 0 saturated heterocycles. The third-order valence-corrected chi connectivity index (χ3v) is 7.14. The number of hydrogen-bond acceptors (Lipinski definition) is 10. The number of ether oxygens (including phenoxy) is 4. The average molecular weight is 582 g/mol. The number of allylic oxidation sites excluding steroid dienone is 1. The van der Waals surface area contributed by atoms with Crippen molar-refractivity contribution in [2.24, 2.45) is 16.3 Å². The molecule has 2 atom stereocenters. The number of benzene rings is 2. The van der Waals surface area contributed by atoms with Gasteiger partial charge in [0.1, 0.15) is 5.92 Å². The van der Waals surface area contributed by atoms with E-state index in [1.54, 1.807) is 34.1 Å². The molecule has 1 heterocycles. The highest BCUT2D eigenvalue weighted by Crippen LogP contribution is 2.41. The van der Waals surface area contributed by atoms with Crippen LogP contribution in [0.3, 0.4) is 0 Å². The standard InChI is InChI=1S/C31H39N3O8/c1-19-26(29(35)41-8)28(22-10-9-11-23(15-22)34(37)38)27(20(2)32-19)30(36)42-18-31(3,4)17-33(5)16-21-12-13-24(39-6)25(14-21)40-7/h9-15,26,28H,16-18H2,1-8H3. The Balaban J connectivity index is 1.81. The minimum atomic E-state index is -0.941. The molecule has 0 saturated carbocycles. The van der Waals surface area contributed by atoms with Crippen LogP contribution in [0.2, 0.25) is 0 Å². The molecule has 3 rings (SSSR count). The van der Waals surface area contributed by atoms with E-state index in [1.807, 2.05) is 39.1 Å². The van der Waals surface area contributed by atoms with E-state index < -0.39 is 34.1 Å². The first kappa shape index (κ1) is 32.3. The zero-order valence-electron chi connectivity index (χ0n) is 25.4. The molecule has 2 aromatic rings. The van der Waals surface area contributed by atoms with Gasteiger partial charge in [-0.3, -0.25) is 19.9 Å². The second-order valence-corrected chi connectivity index (χ2v) is 11.2. The van der Waals surface area contributed by atoms with Crippen LogP contribution in [-0.2, 0) is 25.6 Å². The monoisotopic (exact) mass is 581 g/mol. The number of rotatable bonds is 12. The summed E-state index contributed by atoms with van der Waals surface area (Å²) in [5, 5.41) is 11.5. The number of hydrogen-bond donors (Lipinski definition) is 0. The molecule has 42 heavy (non-hydrogen) atoms. The summed E-state index contributed by atoms with van der Waals surface area (Å²) < 4.78 is 21.6. The first-order chi connectivity index (χ1) is 19.8. The highest BCUT2D eigenvalue weighted by molar-refractivity contribution is 6.07. The van der Waals surface area contributed by atoms with Crippen molar-refractivity contribution in [3.8, 4) is 11.5 Å². The summed E-state index contributed by atoms with van der Waals surface area (Å²) in [6.45, 7) is 8.64. The highest BCUT2D eigenvalue weighted by atomic mass is 16.6. The van der Waals surface area contributed by atoms with Gasteiger partial charge in [0.2, 0.25) is 0 Å². The summed E-state index contributed by atoms with van der Waals surface area (Å²) in [6.07, 6.45) is 0. The van der Waals surface area contributed by atoms with Crippen LogP contribution in [0.1, 0.15) is 44.7 Å².